The Balaban J connectivity index is 2.10. The van der Waals surface area contributed by atoms with Crippen LogP contribution in [0.4, 0.5) is 0 Å². The highest BCUT2D eigenvalue weighted by molar-refractivity contribution is 6.39. The third-order valence-electron chi connectivity index (χ3n) is 3.83. The van der Waals surface area contributed by atoms with Crippen molar-refractivity contribution in [1.29, 1.82) is 0 Å². The lowest BCUT2D eigenvalue weighted by Gasteiger charge is -2.08. The molecule has 4 heteroatoms. The minimum Gasteiger partial charge on any atom is -0.456 e. The molecule has 112 valence electrons. The van der Waals surface area contributed by atoms with Crippen molar-refractivity contribution >= 4 is 44.9 Å². The normalized spacial score (nSPS) is 11.2. The Morgan fingerprint density at radius 3 is 2.35 bits per heavy atom. The average molecular weight is 341 g/mol. The van der Waals surface area contributed by atoms with Gasteiger partial charge in [-0.2, -0.15) is 0 Å². The van der Waals surface area contributed by atoms with Gasteiger partial charge in [0.25, 0.3) is 0 Å². The van der Waals surface area contributed by atoms with Gasteiger partial charge in [-0.3, -0.25) is 4.79 Å². The topological polar surface area (TPSA) is 30.2 Å². The molecule has 0 saturated heterocycles. The summed E-state index contributed by atoms with van der Waals surface area (Å²) >= 11 is 12.4. The number of rotatable bonds is 1. The molecule has 23 heavy (non-hydrogen) atoms. The molecule has 0 aliphatic carbocycles. The second kappa shape index (κ2) is 5.41. The van der Waals surface area contributed by atoms with Gasteiger partial charge in [0, 0.05) is 6.07 Å². The van der Waals surface area contributed by atoms with E-state index in [9.17, 15) is 4.79 Å². The number of fused-ring (bicyclic) bond motifs is 3. The van der Waals surface area contributed by atoms with E-state index >= 15 is 0 Å². The maximum absolute atomic E-state index is 12.7. The van der Waals surface area contributed by atoms with E-state index < -0.39 is 0 Å². The highest BCUT2D eigenvalue weighted by Gasteiger charge is 2.14. The number of halogens is 2. The van der Waals surface area contributed by atoms with Gasteiger partial charge in [-0.05, 0) is 29.0 Å². The van der Waals surface area contributed by atoms with Gasteiger partial charge in [0.1, 0.15) is 11.3 Å². The summed E-state index contributed by atoms with van der Waals surface area (Å²) in [5.74, 6) is 0.369. The molecule has 0 saturated carbocycles. The van der Waals surface area contributed by atoms with Gasteiger partial charge in [0.05, 0.1) is 21.0 Å². The van der Waals surface area contributed by atoms with E-state index in [-0.39, 0.29) is 5.43 Å². The third kappa shape index (κ3) is 2.31. The smallest absolute Gasteiger partial charge is 0.193 e. The SMILES string of the molecule is O=c1cc(-c2c(Cl)cccc2Cl)oc2ccc3ccccc3c12. The molecular formula is C19H10Cl2O2. The molecule has 0 N–H and O–H groups in total. The summed E-state index contributed by atoms with van der Waals surface area (Å²) in [6.45, 7) is 0. The molecule has 0 amide bonds. The fourth-order valence-electron chi connectivity index (χ4n) is 2.79. The summed E-state index contributed by atoms with van der Waals surface area (Å²) < 4.78 is 5.93. The van der Waals surface area contributed by atoms with E-state index in [2.05, 4.69) is 0 Å². The Hall–Kier alpha value is -2.29. The molecule has 0 aliphatic rings. The quantitative estimate of drug-likeness (QED) is 0.402. The molecule has 0 aliphatic heterocycles. The zero-order valence-electron chi connectivity index (χ0n) is 11.8. The van der Waals surface area contributed by atoms with Crippen molar-refractivity contribution in [3.63, 3.8) is 0 Å². The van der Waals surface area contributed by atoms with Crippen LogP contribution in [0.15, 0.2) is 69.9 Å². The van der Waals surface area contributed by atoms with Crippen LogP contribution in [-0.4, -0.2) is 0 Å². The molecule has 0 radical (unpaired) electrons. The summed E-state index contributed by atoms with van der Waals surface area (Å²) in [7, 11) is 0. The maximum Gasteiger partial charge on any atom is 0.193 e. The number of hydrogen-bond acceptors (Lipinski definition) is 2. The number of benzene rings is 3. The van der Waals surface area contributed by atoms with Gasteiger partial charge >= 0.3 is 0 Å². The molecule has 1 aromatic heterocycles. The van der Waals surface area contributed by atoms with Crippen molar-refractivity contribution in [3.8, 4) is 11.3 Å². The monoisotopic (exact) mass is 340 g/mol. The first kappa shape index (κ1) is 14.3. The molecule has 3 aromatic carbocycles. The summed E-state index contributed by atoms with van der Waals surface area (Å²) in [5.41, 5.74) is 0.930. The molecule has 4 aromatic rings. The Bertz CT molecular complexity index is 1090. The lowest BCUT2D eigenvalue weighted by Crippen LogP contribution is -2.01. The molecular weight excluding hydrogens is 331 g/mol. The van der Waals surface area contributed by atoms with Crippen LogP contribution in [-0.2, 0) is 0 Å². The zero-order chi connectivity index (χ0) is 16.0. The first-order chi connectivity index (χ1) is 11.1. The van der Waals surface area contributed by atoms with Crippen LogP contribution in [0.3, 0.4) is 0 Å². The van der Waals surface area contributed by atoms with Crippen LogP contribution in [0.2, 0.25) is 10.0 Å². The van der Waals surface area contributed by atoms with Crippen molar-refractivity contribution in [2.75, 3.05) is 0 Å². The van der Waals surface area contributed by atoms with Crippen LogP contribution < -0.4 is 5.43 Å². The van der Waals surface area contributed by atoms with Crippen molar-refractivity contribution in [2.45, 2.75) is 0 Å². The van der Waals surface area contributed by atoms with Crippen molar-refractivity contribution < 1.29 is 4.42 Å². The summed E-state index contributed by atoms with van der Waals surface area (Å²) in [6, 6.07) is 18.1. The Morgan fingerprint density at radius 1 is 0.826 bits per heavy atom. The van der Waals surface area contributed by atoms with Gasteiger partial charge in [-0.25, -0.2) is 0 Å². The van der Waals surface area contributed by atoms with Gasteiger partial charge in [0.2, 0.25) is 0 Å². The van der Waals surface area contributed by atoms with E-state index in [1.807, 2.05) is 30.3 Å². The zero-order valence-corrected chi connectivity index (χ0v) is 13.4. The van der Waals surface area contributed by atoms with Crippen LogP contribution in [0, 0.1) is 0 Å². The van der Waals surface area contributed by atoms with E-state index in [0.717, 1.165) is 10.8 Å². The van der Waals surface area contributed by atoms with Crippen molar-refractivity contribution in [1.82, 2.24) is 0 Å². The van der Waals surface area contributed by atoms with Crippen LogP contribution in [0.25, 0.3) is 33.1 Å². The summed E-state index contributed by atoms with van der Waals surface area (Å²) in [5, 5.41) is 3.32. The van der Waals surface area contributed by atoms with Gasteiger partial charge in [0.15, 0.2) is 5.43 Å². The van der Waals surface area contributed by atoms with Crippen molar-refractivity contribution in [3.05, 3.63) is 80.9 Å². The average Bonchev–Trinajstić information content (AvgIpc) is 2.54. The lowest BCUT2D eigenvalue weighted by atomic mass is 10.0. The second-order valence-electron chi connectivity index (χ2n) is 5.23. The predicted octanol–water partition coefficient (Wildman–Crippen LogP) is 5.92. The summed E-state index contributed by atoms with van der Waals surface area (Å²) in [4.78, 5) is 12.7. The van der Waals surface area contributed by atoms with Gasteiger partial charge < -0.3 is 4.42 Å². The van der Waals surface area contributed by atoms with Crippen molar-refractivity contribution in [2.24, 2.45) is 0 Å². The Kier molecular flexibility index (Phi) is 3.37. The van der Waals surface area contributed by atoms with E-state index in [4.69, 9.17) is 27.6 Å². The fourth-order valence-corrected chi connectivity index (χ4v) is 3.37. The predicted molar refractivity (Wildman–Crippen MR) is 95.4 cm³/mol. The number of hydrogen-bond donors (Lipinski definition) is 0. The van der Waals surface area contributed by atoms with Gasteiger partial charge in [-0.15, -0.1) is 0 Å². The van der Waals surface area contributed by atoms with E-state index in [1.165, 1.54) is 6.07 Å². The molecule has 4 rings (SSSR count). The molecule has 0 atom stereocenters. The summed E-state index contributed by atoms with van der Waals surface area (Å²) in [6.07, 6.45) is 0. The fraction of sp³-hybridized carbons (Fsp3) is 0. The molecule has 1 heterocycles. The first-order valence-electron chi connectivity index (χ1n) is 7.05. The second-order valence-corrected chi connectivity index (χ2v) is 6.05. The Morgan fingerprint density at radius 2 is 1.57 bits per heavy atom. The standard InChI is InChI=1S/C19H10Cl2O2/c20-13-6-3-7-14(21)19(13)17-10-15(22)18-12-5-2-1-4-11(12)8-9-16(18)23-17/h1-10H. The Labute approximate surface area is 141 Å². The molecule has 0 unspecified atom stereocenters. The van der Waals surface area contributed by atoms with E-state index in [0.29, 0.717) is 32.3 Å². The third-order valence-corrected chi connectivity index (χ3v) is 4.46. The minimum atomic E-state index is -0.117. The maximum atomic E-state index is 12.7. The minimum absolute atomic E-state index is 0.117. The first-order valence-corrected chi connectivity index (χ1v) is 7.81. The highest BCUT2D eigenvalue weighted by atomic mass is 35.5. The van der Waals surface area contributed by atoms with Crippen LogP contribution in [0.1, 0.15) is 0 Å². The van der Waals surface area contributed by atoms with Gasteiger partial charge in [-0.1, -0.05) is 59.6 Å². The molecule has 0 fully saturated rings. The van der Waals surface area contributed by atoms with E-state index in [1.54, 1.807) is 24.3 Å². The molecule has 0 spiro atoms. The molecule has 0 bridgehead atoms. The van der Waals surface area contributed by atoms with Crippen LogP contribution >= 0.6 is 23.2 Å². The largest absolute Gasteiger partial charge is 0.456 e. The lowest BCUT2D eigenvalue weighted by molar-refractivity contribution is 0.619. The van der Waals surface area contributed by atoms with Crippen LogP contribution in [0.5, 0.6) is 0 Å². The molecule has 2 nitrogen and oxygen atoms in total. The highest BCUT2D eigenvalue weighted by Crippen LogP contribution is 2.35.